The number of fused-ring (bicyclic) bond motifs is 1. The topological polar surface area (TPSA) is 50.8 Å². The van der Waals surface area contributed by atoms with Gasteiger partial charge in [0.25, 0.3) is 0 Å². The molecule has 0 atom stereocenters. The molecule has 0 aliphatic carbocycles. The summed E-state index contributed by atoms with van der Waals surface area (Å²) in [5.41, 5.74) is 5.48. The van der Waals surface area contributed by atoms with Crippen LogP contribution in [-0.4, -0.2) is 13.2 Å². The van der Waals surface area contributed by atoms with Crippen LogP contribution in [0.3, 0.4) is 0 Å². The molecule has 4 aromatic carbocycles. The molecule has 0 aliphatic heterocycles. The first kappa shape index (κ1) is 19.3. The van der Waals surface area contributed by atoms with Crippen molar-refractivity contribution in [1.29, 1.82) is 0 Å². The predicted octanol–water partition coefficient (Wildman–Crippen LogP) is 6.02. The minimum atomic E-state index is -0.514. The summed E-state index contributed by atoms with van der Waals surface area (Å²) in [7, 11) is 1.59. The lowest BCUT2D eigenvalue weighted by Gasteiger charge is -2.24. The van der Waals surface area contributed by atoms with E-state index in [-0.39, 0.29) is 6.61 Å². The average molecular weight is 398 g/mol. The fraction of sp³-hybridized carbons (Fsp3) is 0.0800. The molecule has 150 valence electrons. The maximum atomic E-state index is 13.0. The number of benzene rings is 4. The molecule has 5 heteroatoms. The SMILES string of the molecule is COc1cccc(N(Nc2ccc3ccccc3c2)C(=O)OCc2ccccc2)c1. The van der Waals surface area contributed by atoms with Crippen molar-refractivity contribution >= 4 is 28.2 Å². The van der Waals surface area contributed by atoms with E-state index in [1.165, 1.54) is 5.01 Å². The van der Waals surface area contributed by atoms with Crippen LogP contribution in [0.1, 0.15) is 5.56 Å². The summed E-state index contributed by atoms with van der Waals surface area (Å²) in [6, 6.07) is 30.8. The van der Waals surface area contributed by atoms with E-state index in [2.05, 4.69) is 5.43 Å². The summed E-state index contributed by atoms with van der Waals surface area (Å²) in [6.45, 7) is 0.180. The summed E-state index contributed by atoms with van der Waals surface area (Å²) in [5, 5.41) is 3.59. The fourth-order valence-electron chi connectivity index (χ4n) is 3.14. The van der Waals surface area contributed by atoms with E-state index >= 15 is 0 Å². The van der Waals surface area contributed by atoms with Gasteiger partial charge in [0.2, 0.25) is 0 Å². The highest BCUT2D eigenvalue weighted by atomic mass is 16.6. The maximum absolute atomic E-state index is 13.0. The number of amides is 1. The van der Waals surface area contributed by atoms with Gasteiger partial charge in [0, 0.05) is 6.07 Å². The van der Waals surface area contributed by atoms with Crippen molar-refractivity contribution in [2.75, 3.05) is 17.5 Å². The summed E-state index contributed by atoms with van der Waals surface area (Å²) in [4.78, 5) is 13.0. The summed E-state index contributed by atoms with van der Waals surface area (Å²) in [6.07, 6.45) is -0.514. The first-order valence-corrected chi connectivity index (χ1v) is 9.63. The molecule has 4 aromatic rings. The molecule has 0 fully saturated rings. The number of methoxy groups -OCH3 is 1. The van der Waals surface area contributed by atoms with Crippen LogP contribution in [0, 0.1) is 0 Å². The smallest absolute Gasteiger partial charge is 0.433 e. The highest BCUT2D eigenvalue weighted by molar-refractivity contribution is 5.92. The second-order valence-electron chi connectivity index (χ2n) is 6.75. The molecular weight excluding hydrogens is 376 g/mol. The van der Waals surface area contributed by atoms with E-state index in [1.54, 1.807) is 13.2 Å². The number of anilines is 2. The van der Waals surface area contributed by atoms with Crippen LogP contribution in [0.25, 0.3) is 10.8 Å². The molecule has 0 saturated carbocycles. The zero-order valence-corrected chi connectivity index (χ0v) is 16.6. The highest BCUT2D eigenvalue weighted by Gasteiger charge is 2.19. The number of nitrogens with one attached hydrogen (secondary N) is 1. The minimum Gasteiger partial charge on any atom is -0.497 e. The zero-order chi connectivity index (χ0) is 20.8. The van der Waals surface area contributed by atoms with Gasteiger partial charge in [-0.2, -0.15) is 5.01 Å². The van der Waals surface area contributed by atoms with Crippen molar-refractivity contribution in [2.24, 2.45) is 0 Å². The number of hydrazine groups is 1. The molecule has 0 unspecified atom stereocenters. The van der Waals surface area contributed by atoms with Gasteiger partial charge in [0.05, 0.1) is 18.5 Å². The van der Waals surface area contributed by atoms with Crippen molar-refractivity contribution in [2.45, 2.75) is 6.61 Å². The second-order valence-corrected chi connectivity index (χ2v) is 6.75. The molecule has 0 radical (unpaired) electrons. The van der Waals surface area contributed by atoms with Crippen LogP contribution in [0.15, 0.2) is 97.1 Å². The maximum Gasteiger partial charge on any atom is 0.433 e. The largest absolute Gasteiger partial charge is 0.497 e. The normalized spacial score (nSPS) is 10.4. The van der Waals surface area contributed by atoms with Crippen molar-refractivity contribution in [3.8, 4) is 5.75 Å². The van der Waals surface area contributed by atoms with Crippen LogP contribution in [0.2, 0.25) is 0 Å². The van der Waals surface area contributed by atoms with Gasteiger partial charge in [-0.05, 0) is 40.6 Å². The van der Waals surface area contributed by atoms with Crippen molar-refractivity contribution in [3.63, 3.8) is 0 Å². The zero-order valence-electron chi connectivity index (χ0n) is 16.6. The average Bonchev–Trinajstić information content (AvgIpc) is 2.81. The number of hydrogen-bond donors (Lipinski definition) is 1. The van der Waals surface area contributed by atoms with Gasteiger partial charge < -0.3 is 9.47 Å². The molecule has 0 spiro atoms. The molecule has 1 N–H and O–H groups in total. The van der Waals surface area contributed by atoms with Crippen LogP contribution in [0.4, 0.5) is 16.2 Å². The van der Waals surface area contributed by atoms with E-state index in [1.807, 2.05) is 91.0 Å². The molecule has 0 bridgehead atoms. The number of carbonyl (C=O) groups excluding carboxylic acids is 1. The number of nitrogens with zero attached hydrogens (tertiary/aromatic N) is 1. The van der Waals surface area contributed by atoms with Crippen LogP contribution >= 0.6 is 0 Å². The molecule has 0 aromatic heterocycles. The summed E-state index contributed by atoms with van der Waals surface area (Å²) < 4.78 is 10.9. The molecule has 0 aliphatic rings. The Kier molecular flexibility index (Phi) is 5.80. The Balaban J connectivity index is 1.60. The monoisotopic (exact) mass is 398 g/mol. The number of ether oxygens (including phenoxy) is 2. The van der Waals surface area contributed by atoms with Gasteiger partial charge in [0.1, 0.15) is 12.4 Å². The number of carbonyl (C=O) groups is 1. The molecule has 1 amide bonds. The quantitative estimate of drug-likeness (QED) is 0.404. The van der Waals surface area contributed by atoms with E-state index in [4.69, 9.17) is 9.47 Å². The molecule has 4 rings (SSSR count). The molecular formula is C25H22N2O3. The van der Waals surface area contributed by atoms with E-state index in [0.717, 1.165) is 22.0 Å². The third-order valence-corrected chi connectivity index (χ3v) is 4.69. The molecule has 0 saturated heterocycles. The van der Waals surface area contributed by atoms with E-state index < -0.39 is 6.09 Å². The van der Waals surface area contributed by atoms with Gasteiger partial charge in [0.15, 0.2) is 0 Å². The van der Waals surface area contributed by atoms with Crippen molar-refractivity contribution in [3.05, 3.63) is 103 Å². The fourth-order valence-corrected chi connectivity index (χ4v) is 3.14. The van der Waals surface area contributed by atoms with E-state index in [0.29, 0.717) is 11.4 Å². The summed E-state index contributed by atoms with van der Waals surface area (Å²) in [5.74, 6) is 0.647. The third-order valence-electron chi connectivity index (χ3n) is 4.69. The highest BCUT2D eigenvalue weighted by Crippen LogP contribution is 2.25. The summed E-state index contributed by atoms with van der Waals surface area (Å²) >= 11 is 0. The van der Waals surface area contributed by atoms with Crippen LogP contribution in [-0.2, 0) is 11.3 Å². The number of rotatable bonds is 6. The van der Waals surface area contributed by atoms with Crippen LogP contribution in [0.5, 0.6) is 5.75 Å². The van der Waals surface area contributed by atoms with Gasteiger partial charge in [-0.25, -0.2) is 4.79 Å². The molecule has 0 heterocycles. The standard InChI is InChI=1S/C25H22N2O3/c1-29-24-13-7-12-23(17-24)27(25(28)30-18-19-8-3-2-4-9-19)26-22-15-14-20-10-5-6-11-21(20)16-22/h2-17,26H,18H2,1H3. The van der Waals surface area contributed by atoms with Gasteiger partial charge in [-0.15, -0.1) is 0 Å². The van der Waals surface area contributed by atoms with Crippen molar-refractivity contribution in [1.82, 2.24) is 0 Å². The lowest BCUT2D eigenvalue weighted by molar-refractivity contribution is 0.148. The Bertz CT molecular complexity index is 1150. The Hall–Kier alpha value is -3.99. The Morgan fingerprint density at radius 2 is 1.60 bits per heavy atom. The lowest BCUT2D eigenvalue weighted by atomic mass is 10.1. The lowest BCUT2D eigenvalue weighted by Crippen LogP contribution is -2.36. The second kappa shape index (κ2) is 9.01. The van der Waals surface area contributed by atoms with Crippen molar-refractivity contribution < 1.29 is 14.3 Å². The first-order chi connectivity index (χ1) is 14.7. The van der Waals surface area contributed by atoms with Gasteiger partial charge in [-0.1, -0.05) is 66.7 Å². The minimum absolute atomic E-state index is 0.180. The first-order valence-electron chi connectivity index (χ1n) is 9.63. The molecule has 30 heavy (non-hydrogen) atoms. The van der Waals surface area contributed by atoms with Gasteiger partial charge in [-0.3, -0.25) is 5.43 Å². The van der Waals surface area contributed by atoms with Gasteiger partial charge >= 0.3 is 6.09 Å². The Labute approximate surface area is 175 Å². The third kappa shape index (κ3) is 4.52. The molecule has 5 nitrogen and oxygen atoms in total. The van der Waals surface area contributed by atoms with E-state index in [9.17, 15) is 4.79 Å². The predicted molar refractivity (Wildman–Crippen MR) is 120 cm³/mol. The van der Waals surface area contributed by atoms with Crippen LogP contribution < -0.4 is 15.2 Å². The Morgan fingerprint density at radius 3 is 2.40 bits per heavy atom. The number of hydrogen-bond acceptors (Lipinski definition) is 4. The Morgan fingerprint density at radius 1 is 0.833 bits per heavy atom.